The van der Waals surface area contributed by atoms with E-state index >= 15 is 0 Å². The Morgan fingerprint density at radius 1 is 0.821 bits per heavy atom. The number of aromatic nitrogens is 3. The Morgan fingerprint density at radius 3 is 2.18 bits per heavy atom. The number of nitrogens with one attached hydrogen (secondary N) is 3. The third-order valence-electron chi connectivity index (χ3n) is 4.16. The fourth-order valence-electron chi connectivity index (χ4n) is 2.78. The lowest BCUT2D eigenvalue weighted by molar-refractivity contribution is 0.0844. The van der Waals surface area contributed by atoms with E-state index in [1.807, 2.05) is 60.7 Å². The molecular formula is C21H17N5O2. The number of para-hydroxylation sites is 1. The molecule has 0 aliphatic rings. The molecule has 2 aromatic carbocycles. The minimum atomic E-state index is -0.457. The Balaban J connectivity index is 1.63. The lowest BCUT2D eigenvalue weighted by Gasteiger charge is -2.06. The number of benzene rings is 2. The monoisotopic (exact) mass is 371 g/mol. The van der Waals surface area contributed by atoms with E-state index in [2.05, 4.69) is 20.9 Å². The van der Waals surface area contributed by atoms with Crippen LogP contribution in [0.4, 0.5) is 0 Å². The minimum absolute atomic E-state index is 0.349. The fraction of sp³-hybridized carbons (Fsp3) is 0. The van der Waals surface area contributed by atoms with Gasteiger partial charge in [0.25, 0.3) is 11.8 Å². The van der Waals surface area contributed by atoms with Gasteiger partial charge in [-0.05, 0) is 24.3 Å². The highest BCUT2D eigenvalue weighted by molar-refractivity contribution is 6.02. The molecule has 0 radical (unpaired) electrons. The number of aromatic amines is 1. The van der Waals surface area contributed by atoms with E-state index in [4.69, 9.17) is 0 Å². The highest BCUT2D eigenvalue weighted by atomic mass is 16.2. The summed E-state index contributed by atoms with van der Waals surface area (Å²) in [7, 11) is 0. The zero-order valence-electron chi connectivity index (χ0n) is 14.8. The van der Waals surface area contributed by atoms with Gasteiger partial charge >= 0.3 is 0 Å². The number of H-pyrrole nitrogens is 1. The van der Waals surface area contributed by atoms with Gasteiger partial charge in [0.1, 0.15) is 11.4 Å². The van der Waals surface area contributed by atoms with Crippen molar-refractivity contribution in [3.63, 3.8) is 0 Å². The zero-order chi connectivity index (χ0) is 19.3. The Labute approximate surface area is 161 Å². The number of rotatable bonds is 4. The van der Waals surface area contributed by atoms with Gasteiger partial charge in [0, 0.05) is 18.0 Å². The first-order valence-electron chi connectivity index (χ1n) is 8.67. The van der Waals surface area contributed by atoms with Gasteiger partial charge in [0.15, 0.2) is 0 Å². The number of carbonyl (C=O) groups excluding carboxylic acids is 2. The quantitative estimate of drug-likeness (QED) is 0.482. The summed E-state index contributed by atoms with van der Waals surface area (Å²) < 4.78 is 1.64. The summed E-state index contributed by atoms with van der Waals surface area (Å²) in [6.45, 7) is 0. The molecule has 0 unspecified atom stereocenters. The van der Waals surface area contributed by atoms with Crippen LogP contribution in [0.5, 0.6) is 0 Å². The SMILES string of the molecule is O=C(NNC(=O)c1cn(-c2ccccc2)nc1-c1ccccc1)c1ccc[nH]1. The van der Waals surface area contributed by atoms with Gasteiger partial charge in [-0.25, -0.2) is 4.68 Å². The van der Waals surface area contributed by atoms with E-state index in [0.29, 0.717) is 17.0 Å². The van der Waals surface area contributed by atoms with Gasteiger partial charge in [-0.3, -0.25) is 20.4 Å². The van der Waals surface area contributed by atoms with Gasteiger partial charge in [-0.1, -0.05) is 48.5 Å². The maximum atomic E-state index is 12.8. The molecule has 138 valence electrons. The molecule has 0 saturated carbocycles. The van der Waals surface area contributed by atoms with E-state index in [1.54, 1.807) is 29.2 Å². The van der Waals surface area contributed by atoms with E-state index in [0.717, 1.165) is 11.3 Å². The van der Waals surface area contributed by atoms with Gasteiger partial charge < -0.3 is 4.98 Å². The summed E-state index contributed by atoms with van der Waals surface area (Å²) in [5.41, 5.74) is 7.71. The van der Waals surface area contributed by atoms with E-state index in [1.165, 1.54) is 0 Å². The van der Waals surface area contributed by atoms with Crippen LogP contribution in [0.3, 0.4) is 0 Å². The molecule has 3 N–H and O–H groups in total. The maximum absolute atomic E-state index is 12.8. The second-order valence-corrected chi connectivity index (χ2v) is 6.03. The topological polar surface area (TPSA) is 91.8 Å². The zero-order valence-corrected chi connectivity index (χ0v) is 14.8. The first-order chi connectivity index (χ1) is 13.7. The smallest absolute Gasteiger partial charge is 0.286 e. The molecule has 0 atom stereocenters. The lowest BCUT2D eigenvalue weighted by atomic mass is 10.1. The van der Waals surface area contributed by atoms with Crippen LogP contribution in [0.15, 0.2) is 85.2 Å². The van der Waals surface area contributed by atoms with Crippen LogP contribution in [0.2, 0.25) is 0 Å². The van der Waals surface area contributed by atoms with Crippen molar-refractivity contribution in [3.05, 3.63) is 96.4 Å². The van der Waals surface area contributed by atoms with Crippen LogP contribution in [-0.2, 0) is 0 Å². The highest BCUT2D eigenvalue weighted by Crippen LogP contribution is 2.23. The normalized spacial score (nSPS) is 10.4. The van der Waals surface area contributed by atoms with Crippen LogP contribution in [-0.4, -0.2) is 26.6 Å². The molecule has 2 heterocycles. The summed E-state index contributed by atoms with van der Waals surface area (Å²) in [6.07, 6.45) is 3.28. The Hall–Kier alpha value is -4.13. The van der Waals surface area contributed by atoms with Crippen molar-refractivity contribution in [3.8, 4) is 16.9 Å². The van der Waals surface area contributed by atoms with Crippen LogP contribution in [0.25, 0.3) is 16.9 Å². The number of hydrogen-bond donors (Lipinski definition) is 3. The van der Waals surface area contributed by atoms with Crippen LogP contribution < -0.4 is 10.9 Å². The third kappa shape index (κ3) is 3.54. The molecule has 2 aromatic heterocycles. The summed E-state index contributed by atoms with van der Waals surface area (Å²) in [6, 6.07) is 22.2. The molecule has 4 rings (SSSR count). The van der Waals surface area contributed by atoms with Crippen molar-refractivity contribution in [2.45, 2.75) is 0 Å². The van der Waals surface area contributed by atoms with Crippen molar-refractivity contribution >= 4 is 11.8 Å². The van der Waals surface area contributed by atoms with Gasteiger partial charge in [0.05, 0.1) is 11.3 Å². The summed E-state index contributed by atoms with van der Waals surface area (Å²) >= 11 is 0. The number of carbonyl (C=O) groups is 2. The van der Waals surface area contributed by atoms with Crippen molar-refractivity contribution in [2.24, 2.45) is 0 Å². The molecule has 0 spiro atoms. The first kappa shape index (κ1) is 17.3. The highest BCUT2D eigenvalue weighted by Gasteiger charge is 2.19. The summed E-state index contributed by atoms with van der Waals surface area (Å²) in [4.78, 5) is 27.6. The molecule has 7 nitrogen and oxygen atoms in total. The van der Waals surface area contributed by atoms with Crippen molar-refractivity contribution < 1.29 is 9.59 Å². The molecule has 28 heavy (non-hydrogen) atoms. The summed E-state index contributed by atoms with van der Waals surface area (Å²) in [5, 5.41) is 4.59. The molecule has 7 heteroatoms. The van der Waals surface area contributed by atoms with Gasteiger partial charge in [-0.2, -0.15) is 5.10 Å². The van der Waals surface area contributed by atoms with E-state index < -0.39 is 11.8 Å². The van der Waals surface area contributed by atoms with Gasteiger partial charge in [0.2, 0.25) is 0 Å². The molecule has 0 saturated heterocycles. The largest absolute Gasteiger partial charge is 0.357 e. The molecular weight excluding hydrogens is 354 g/mol. The second kappa shape index (κ2) is 7.63. The molecule has 2 amide bonds. The number of hydrazine groups is 1. The Morgan fingerprint density at radius 2 is 1.50 bits per heavy atom. The predicted octanol–water partition coefficient (Wildman–Crippen LogP) is 2.94. The Bertz CT molecular complexity index is 1090. The average molecular weight is 371 g/mol. The standard InChI is InChI=1S/C21H17N5O2/c27-20(23-24-21(28)18-12-7-13-22-18)17-14-26(16-10-5-2-6-11-16)25-19(17)15-8-3-1-4-9-15/h1-14,22H,(H,23,27)(H,24,28). The van der Waals surface area contributed by atoms with Crippen LogP contribution in [0, 0.1) is 0 Å². The molecule has 4 aromatic rings. The van der Waals surface area contributed by atoms with Crippen LogP contribution in [0.1, 0.15) is 20.8 Å². The molecule has 0 aliphatic carbocycles. The molecule has 0 fully saturated rings. The number of nitrogens with zero attached hydrogens (tertiary/aromatic N) is 2. The average Bonchev–Trinajstić information content (AvgIpc) is 3.43. The molecule has 0 bridgehead atoms. The predicted molar refractivity (Wildman–Crippen MR) is 105 cm³/mol. The summed E-state index contributed by atoms with van der Waals surface area (Å²) in [5.74, 6) is -0.893. The van der Waals surface area contributed by atoms with Crippen LogP contribution >= 0.6 is 0 Å². The van der Waals surface area contributed by atoms with Crippen molar-refractivity contribution in [1.82, 2.24) is 25.6 Å². The minimum Gasteiger partial charge on any atom is -0.357 e. The third-order valence-corrected chi connectivity index (χ3v) is 4.16. The van der Waals surface area contributed by atoms with Crippen molar-refractivity contribution in [1.29, 1.82) is 0 Å². The van der Waals surface area contributed by atoms with E-state index in [-0.39, 0.29) is 0 Å². The first-order valence-corrected chi connectivity index (χ1v) is 8.67. The van der Waals surface area contributed by atoms with E-state index in [9.17, 15) is 9.59 Å². The van der Waals surface area contributed by atoms with Crippen molar-refractivity contribution in [2.75, 3.05) is 0 Å². The van der Waals surface area contributed by atoms with Gasteiger partial charge in [-0.15, -0.1) is 0 Å². The number of amides is 2. The fourth-order valence-corrected chi connectivity index (χ4v) is 2.78. The Kier molecular flexibility index (Phi) is 4.71. The lowest BCUT2D eigenvalue weighted by Crippen LogP contribution is -2.41. The maximum Gasteiger partial charge on any atom is 0.286 e. The second-order valence-electron chi connectivity index (χ2n) is 6.03. The number of hydrogen-bond acceptors (Lipinski definition) is 3. The molecule has 0 aliphatic heterocycles.